The third-order valence-electron chi connectivity index (χ3n) is 3.14. The molecule has 0 saturated carbocycles. The smallest absolute Gasteiger partial charge is 0.291 e. The van der Waals surface area contributed by atoms with Crippen LogP contribution in [0.3, 0.4) is 0 Å². The number of nitrogens with two attached hydrogens (primary N) is 1. The van der Waals surface area contributed by atoms with Crippen LogP contribution in [0.15, 0.2) is 0 Å². The summed E-state index contributed by atoms with van der Waals surface area (Å²) in [5.41, 5.74) is 5.09. The normalized spacial score (nSPS) is 25.2. The molecule has 7 nitrogen and oxygen atoms in total. The standard InChI is InChI=1S/C10H16N4O3/c11-9(16)6-4-14(5-6)10(17)8(15)7-3-12-1-2-13-7/h6-7,12-13H,1-5H2,(H2,11,16). The number of carbonyl (C=O) groups is 3. The Bertz CT molecular complexity index is 345. The molecular formula is C10H16N4O3. The van der Waals surface area contributed by atoms with Crippen molar-refractivity contribution in [1.29, 1.82) is 0 Å². The Hall–Kier alpha value is -1.47. The lowest BCUT2D eigenvalue weighted by molar-refractivity contribution is -0.151. The van der Waals surface area contributed by atoms with Crippen LogP contribution in [-0.4, -0.2) is 61.3 Å². The lowest BCUT2D eigenvalue weighted by Gasteiger charge is -2.37. The van der Waals surface area contributed by atoms with Crippen LogP contribution in [0.25, 0.3) is 0 Å². The lowest BCUT2D eigenvalue weighted by atomic mass is 9.98. The molecule has 2 heterocycles. The fraction of sp³-hybridized carbons (Fsp3) is 0.700. The Kier molecular flexibility index (Phi) is 3.39. The first-order valence-electron chi connectivity index (χ1n) is 5.66. The van der Waals surface area contributed by atoms with Crippen LogP contribution in [0.4, 0.5) is 0 Å². The molecular weight excluding hydrogens is 224 g/mol. The van der Waals surface area contributed by atoms with E-state index in [-0.39, 0.29) is 19.0 Å². The van der Waals surface area contributed by atoms with E-state index in [9.17, 15) is 14.4 Å². The molecule has 94 valence electrons. The van der Waals surface area contributed by atoms with Gasteiger partial charge in [-0.2, -0.15) is 0 Å². The Balaban J connectivity index is 1.84. The minimum atomic E-state index is -0.524. The molecule has 7 heteroatoms. The number of nitrogens with zero attached hydrogens (tertiary/aromatic N) is 1. The van der Waals surface area contributed by atoms with Gasteiger partial charge in [0, 0.05) is 32.7 Å². The fourth-order valence-corrected chi connectivity index (χ4v) is 1.97. The van der Waals surface area contributed by atoms with Gasteiger partial charge in [0.1, 0.15) is 0 Å². The SMILES string of the molecule is NC(=O)C1CN(C(=O)C(=O)C2CNCCN2)C1. The van der Waals surface area contributed by atoms with E-state index in [2.05, 4.69) is 10.6 Å². The van der Waals surface area contributed by atoms with E-state index in [1.54, 1.807) is 0 Å². The Labute approximate surface area is 98.7 Å². The molecule has 2 aliphatic heterocycles. The van der Waals surface area contributed by atoms with Crippen LogP contribution in [0.1, 0.15) is 0 Å². The molecule has 0 aromatic carbocycles. The topological polar surface area (TPSA) is 105 Å². The second-order valence-electron chi connectivity index (χ2n) is 4.38. The first kappa shape index (κ1) is 12.0. The molecule has 2 fully saturated rings. The van der Waals surface area contributed by atoms with E-state index in [0.717, 1.165) is 6.54 Å². The summed E-state index contributed by atoms with van der Waals surface area (Å²) in [4.78, 5) is 35.7. The van der Waals surface area contributed by atoms with E-state index < -0.39 is 23.6 Å². The van der Waals surface area contributed by atoms with E-state index >= 15 is 0 Å². The number of carbonyl (C=O) groups excluding carboxylic acids is 3. The maximum Gasteiger partial charge on any atom is 0.291 e. The highest BCUT2D eigenvalue weighted by molar-refractivity contribution is 6.38. The number of nitrogens with one attached hydrogen (secondary N) is 2. The predicted octanol–water partition coefficient (Wildman–Crippen LogP) is -2.94. The average molecular weight is 240 g/mol. The minimum Gasteiger partial charge on any atom is -0.369 e. The molecule has 0 radical (unpaired) electrons. The molecule has 2 saturated heterocycles. The number of hydrogen-bond donors (Lipinski definition) is 3. The molecule has 2 rings (SSSR count). The highest BCUT2D eigenvalue weighted by atomic mass is 16.2. The van der Waals surface area contributed by atoms with Crippen molar-refractivity contribution in [3.05, 3.63) is 0 Å². The molecule has 1 atom stereocenters. The molecule has 2 aliphatic rings. The van der Waals surface area contributed by atoms with Crippen LogP contribution in [0.2, 0.25) is 0 Å². The van der Waals surface area contributed by atoms with Crippen LogP contribution < -0.4 is 16.4 Å². The maximum absolute atomic E-state index is 11.8. The monoisotopic (exact) mass is 240 g/mol. The quantitative estimate of drug-likeness (QED) is 0.458. The lowest BCUT2D eigenvalue weighted by Crippen LogP contribution is -2.61. The summed E-state index contributed by atoms with van der Waals surface area (Å²) >= 11 is 0. The predicted molar refractivity (Wildman–Crippen MR) is 58.9 cm³/mol. The van der Waals surface area contributed by atoms with Crippen molar-refractivity contribution < 1.29 is 14.4 Å². The summed E-state index contributed by atoms with van der Waals surface area (Å²) in [5.74, 6) is -1.69. The van der Waals surface area contributed by atoms with Crippen molar-refractivity contribution in [2.45, 2.75) is 6.04 Å². The number of hydrogen-bond acceptors (Lipinski definition) is 5. The molecule has 17 heavy (non-hydrogen) atoms. The van der Waals surface area contributed by atoms with Crippen molar-refractivity contribution in [3.8, 4) is 0 Å². The second-order valence-corrected chi connectivity index (χ2v) is 4.38. The van der Waals surface area contributed by atoms with E-state index in [1.807, 2.05) is 0 Å². The molecule has 1 unspecified atom stereocenters. The van der Waals surface area contributed by atoms with Crippen LogP contribution >= 0.6 is 0 Å². The van der Waals surface area contributed by atoms with Crippen molar-refractivity contribution in [2.75, 3.05) is 32.7 Å². The maximum atomic E-state index is 11.8. The van der Waals surface area contributed by atoms with Gasteiger partial charge in [0.05, 0.1) is 12.0 Å². The summed E-state index contributed by atoms with van der Waals surface area (Å²) in [6, 6.07) is -0.455. The largest absolute Gasteiger partial charge is 0.369 e. The zero-order chi connectivity index (χ0) is 12.4. The van der Waals surface area contributed by atoms with Gasteiger partial charge in [0.15, 0.2) is 0 Å². The summed E-state index contributed by atoms with van der Waals surface area (Å²) in [5, 5.41) is 6.03. The van der Waals surface area contributed by atoms with Gasteiger partial charge in [-0.3, -0.25) is 14.4 Å². The summed E-state index contributed by atoms with van der Waals surface area (Å²) in [6.07, 6.45) is 0. The number of amides is 2. The molecule has 0 bridgehead atoms. The number of ketones is 1. The van der Waals surface area contributed by atoms with Crippen LogP contribution in [0, 0.1) is 5.92 Å². The minimum absolute atomic E-state index is 0.264. The zero-order valence-corrected chi connectivity index (χ0v) is 9.44. The molecule has 0 spiro atoms. The van der Waals surface area contributed by atoms with Crippen molar-refractivity contribution >= 4 is 17.6 Å². The second kappa shape index (κ2) is 4.80. The van der Waals surface area contributed by atoms with Gasteiger partial charge < -0.3 is 21.3 Å². The first-order valence-corrected chi connectivity index (χ1v) is 5.66. The van der Waals surface area contributed by atoms with E-state index in [1.165, 1.54) is 4.90 Å². The van der Waals surface area contributed by atoms with Gasteiger partial charge >= 0.3 is 0 Å². The third kappa shape index (κ3) is 2.45. The molecule has 2 amide bonds. The summed E-state index contributed by atoms with van der Waals surface area (Å²) in [7, 11) is 0. The number of piperazine rings is 1. The summed E-state index contributed by atoms with van der Waals surface area (Å²) < 4.78 is 0. The Morgan fingerprint density at radius 3 is 2.41 bits per heavy atom. The summed E-state index contributed by atoms with van der Waals surface area (Å²) in [6.45, 7) is 2.47. The van der Waals surface area contributed by atoms with Crippen LogP contribution in [0.5, 0.6) is 0 Å². The van der Waals surface area contributed by atoms with Crippen molar-refractivity contribution in [3.63, 3.8) is 0 Å². The molecule has 0 aromatic rings. The number of rotatable bonds is 3. The Morgan fingerprint density at radius 2 is 1.88 bits per heavy atom. The van der Waals surface area contributed by atoms with Gasteiger partial charge in [-0.1, -0.05) is 0 Å². The number of likely N-dealkylation sites (tertiary alicyclic amines) is 1. The first-order chi connectivity index (χ1) is 8.09. The molecule has 4 N–H and O–H groups in total. The molecule has 0 aromatic heterocycles. The average Bonchev–Trinajstić information content (AvgIpc) is 2.26. The number of primary amides is 1. The van der Waals surface area contributed by atoms with Gasteiger partial charge in [-0.15, -0.1) is 0 Å². The fourth-order valence-electron chi connectivity index (χ4n) is 1.97. The van der Waals surface area contributed by atoms with Crippen molar-refractivity contribution in [1.82, 2.24) is 15.5 Å². The van der Waals surface area contributed by atoms with E-state index in [0.29, 0.717) is 13.1 Å². The van der Waals surface area contributed by atoms with Gasteiger partial charge in [0.2, 0.25) is 11.7 Å². The third-order valence-corrected chi connectivity index (χ3v) is 3.14. The highest BCUT2D eigenvalue weighted by Crippen LogP contribution is 2.15. The van der Waals surface area contributed by atoms with E-state index in [4.69, 9.17) is 5.73 Å². The Morgan fingerprint density at radius 1 is 1.18 bits per heavy atom. The number of Topliss-reactive ketones (excluding diaryl/α,β-unsaturated/α-hetero) is 1. The van der Waals surface area contributed by atoms with Gasteiger partial charge in [0.25, 0.3) is 5.91 Å². The van der Waals surface area contributed by atoms with Gasteiger partial charge in [-0.25, -0.2) is 0 Å². The molecule has 0 aliphatic carbocycles. The highest BCUT2D eigenvalue weighted by Gasteiger charge is 2.39. The van der Waals surface area contributed by atoms with Crippen LogP contribution in [-0.2, 0) is 14.4 Å². The van der Waals surface area contributed by atoms with Crippen molar-refractivity contribution in [2.24, 2.45) is 11.7 Å². The van der Waals surface area contributed by atoms with Gasteiger partial charge in [-0.05, 0) is 0 Å². The zero-order valence-electron chi connectivity index (χ0n) is 9.44.